The number of piperazine rings is 1. The van der Waals surface area contributed by atoms with Gasteiger partial charge in [-0.05, 0) is 22.0 Å². The monoisotopic (exact) mass is 602 g/mol. The minimum atomic E-state index is -1.55. The van der Waals surface area contributed by atoms with Crippen LogP contribution in [-0.2, 0) is 20.7 Å². The molecule has 1 aromatic carbocycles. The van der Waals surface area contributed by atoms with E-state index in [1.54, 1.807) is 18.0 Å². The number of nitrogens with zero attached hydrogens (tertiary/aromatic N) is 5. The van der Waals surface area contributed by atoms with Gasteiger partial charge in [-0.25, -0.2) is 10.5 Å². The number of aryl methyl sites for hydroxylation is 1. The van der Waals surface area contributed by atoms with Crippen molar-refractivity contribution < 1.29 is 18.4 Å². The van der Waals surface area contributed by atoms with Crippen LogP contribution in [0.4, 0.5) is 23.1 Å². The molecule has 0 saturated carbocycles. The summed E-state index contributed by atoms with van der Waals surface area (Å²) in [6.45, 7) is 3.65. The van der Waals surface area contributed by atoms with E-state index in [1.165, 1.54) is 14.2 Å². The Kier molecular flexibility index (Phi) is 10.5. The van der Waals surface area contributed by atoms with Crippen molar-refractivity contribution in [2.24, 2.45) is 7.05 Å². The Hall–Kier alpha value is -2.25. The lowest BCUT2D eigenvalue weighted by Crippen LogP contribution is -2.43. The second kappa shape index (κ2) is 13.3. The molecule has 196 valence electrons. The Bertz CT molecular complexity index is 1150. The standard InChI is InChI=1S/C21H28BrN8O4P.ClH/c1-29-13-14(11-25-29)15-9-17(19(31-2)10-18(15)30-7-5-23-6-8-30)26-21-24-12-16(22)20(27-21)28-34-35(32-3)33-4;/h9-13,23H,5-8H2,1-4H3,(H2,24,26,27,28);1H. The molecule has 2 aromatic heterocycles. The van der Waals surface area contributed by atoms with Crippen molar-refractivity contribution >= 4 is 60.1 Å². The van der Waals surface area contributed by atoms with Gasteiger partial charge in [-0.15, -0.1) is 12.4 Å². The molecule has 1 aliphatic rings. The Morgan fingerprint density at radius 3 is 2.50 bits per heavy atom. The number of ether oxygens (including phenoxy) is 1. The summed E-state index contributed by atoms with van der Waals surface area (Å²) in [4.78, 5) is 11.2. The minimum absolute atomic E-state index is 0. The van der Waals surface area contributed by atoms with E-state index >= 15 is 0 Å². The van der Waals surface area contributed by atoms with Crippen LogP contribution in [0.25, 0.3) is 11.1 Å². The van der Waals surface area contributed by atoms with Crippen molar-refractivity contribution in [1.29, 1.82) is 0 Å². The van der Waals surface area contributed by atoms with Crippen LogP contribution < -0.4 is 25.8 Å². The molecule has 0 radical (unpaired) electrons. The molecule has 3 heterocycles. The first-order valence-electron chi connectivity index (χ1n) is 10.8. The van der Waals surface area contributed by atoms with Crippen molar-refractivity contribution in [2.45, 2.75) is 0 Å². The van der Waals surface area contributed by atoms with Gasteiger partial charge >= 0.3 is 8.60 Å². The third-order valence-corrected chi connectivity index (χ3v) is 6.71. The van der Waals surface area contributed by atoms with E-state index in [9.17, 15) is 0 Å². The zero-order valence-corrected chi connectivity index (χ0v) is 23.6. The first kappa shape index (κ1) is 28.3. The minimum Gasteiger partial charge on any atom is -0.494 e. The lowest BCUT2D eigenvalue weighted by Gasteiger charge is -2.31. The van der Waals surface area contributed by atoms with Crippen LogP contribution in [0.1, 0.15) is 0 Å². The number of anilines is 4. The molecule has 3 N–H and O–H groups in total. The van der Waals surface area contributed by atoms with Crippen molar-refractivity contribution in [3.05, 3.63) is 35.2 Å². The number of rotatable bonds is 10. The maximum atomic E-state index is 5.75. The molecule has 0 spiro atoms. The fraction of sp³-hybridized carbons (Fsp3) is 0.381. The second-order valence-corrected chi connectivity index (χ2v) is 9.72. The van der Waals surface area contributed by atoms with Gasteiger partial charge in [0.2, 0.25) is 5.95 Å². The van der Waals surface area contributed by atoms with Gasteiger partial charge in [-0.1, -0.05) is 0 Å². The van der Waals surface area contributed by atoms with Gasteiger partial charge in [0.1, 0.15) is 5.75 Å². The average Bonchev–Trinajstić information content (AvgIpc) is 3.32. The summed E-state index contributed by atoms with van der Waals surface area (Å²) in [6, 6.07) is 4.08. The molecule has 12 nitrogen and oxygen atoms in total. The van der Waals surface area contributed by atoms with Crippen molar-refractivity contribution in [1.82, 2.24) is 25.1 Å². The van der Waals surface area contributed by atoms with Crippen LogP contribution in [0.15, 0.2) is 35.2 Å². The highest BCUT2D eigenvalue weighted by molar-refractivity contribution is 9.10. The third-order valence-electron chi connectivity index (χ3n) is 5.30. The summed E-state index contributed by atoms with van der Waals surface area (Å²) < 4.78 is 23.7. The molecule has 15 heteroatoms. The normalized spacial score (nSPS) is 13.4. The predicted molar refractivity (Wildman–Crippen MR) is 146 cm³/mol. The highest BCUT2D eigenvalue weighted by atomic mass is 79.9. The van der Waals surface area contributed by atoms with Crippen LogP contribution in [0.5, 0.6) is 5.75 Å². The van der Waals surface area contributed by atoms with Crippen LogP contribution in [0.3, 0.4) is 0 Å². The van der Waals surface area contributed by atoms with Gasteiger partial charge in [0, 0.05) is 82.7 Å². The van der Waals surface area contributed by atoms with Gasteiger partial charge in [0.25, 0.3) is 0 Å². The van der Waals surface area contributed by atoms with Crippen molar-refractivity contribution in [2.75, 3.05) is 63.2 Å². The zero-order valence-electron chi connectivity index (χ0n) is 20.3. The Labute approximate surface area is 225 Å². The summed E-state index contributed by atoms with van der Waals surface area (Å²) >= 11 is 3.42. The molecule has 0 aliphatic carbocycles. The van der Waals surface area contributed by atoms with Crippen LogP contribution in [0, 0.1) is 0 Å². The molecule has 1 saturated heterocycles. The van der Waals surface area contributed by atoms with Crippen molar-refractivity contribution in [3.63, 3.8) is 0 Å². The Balaban J connectivity index is 0.00000361. The Morgan fingerprint density at radius 1 is 1.11 bits per heavy atom. The number of benzene rings is 1. The Morgan fingerprint density at radius 2 is 1.86 bits per heavy atom. The second-order valence-electron chi connectivity index (χ2n) is 7.51. The van der Waals surface area contributed by atoms with Gasteiger partial charge < -0.3 is 29.3 Å². The first-order valence-corrected chi connectivity index (χ1v) is 12.7. The molecule has 0 atom stereocenters. The van der Waals surface area contributed by atoms with E-state index in [2.05, 4.69) is 52.0 Å². The number of aromatic nitrogens is 4. The first-order chi connectivity index (χ1) is 17.0. The summed E-state index contributed by atoms with van der Waals surface area (Å²) in [5.41, 5.74) is 6.59. The largest absolute Gasteiger partial charge is 0.494 e. The van der Waals surface area contributed by atoms with E-state index in [1.807, 2.05) is 31.6 Å². The van der Waals surface area contributed by atoms with E-state index < -0.39 is 8.60 Å². The number of hydrogen-bond donors (Lipinski definition) is 3. The topological polar surface area (TPSA) is 120 Å². The number of hydrogen-bond acceptors (Lipinski definition) is 11. The molecular formula is C21H29BrClN8O4P. The van der Waals surface area contributed by atoms with Gasteiger partial charge in [0.15, 0.2) is 5.82 Å². The van der Waals surface area contributed by atoms with Crippen LogP contribution in [0.2, 0.25) is 0 Å². The van der Waals surface area contributed by atoms with Gasteiger partial charge in [-0.2, -0.15) is 14.7 Å². The fourth-order valence-corrected chi connectivity index (χ4v) is 4.37. The van der Waals surface area contributed by atoms with E-state index in [0.717, 1.165) is 48.7 Å². The maximum absolute atomic E-state index is 5.75. The molecule has 0 bridgehead atoms. The fourth-order valence-electron chi connectivity index (χ4n) is 3.64. The summed E-state index contributed by atoms with van der Waals surface area (Å²) in [5, 5.41) is 11.0. The molecule has 3 aromatic rings. The van der Waals surface area contributed by atoms with Crippen LogP contribution in [-0.4, -0.2) is 67.3 Å². The van der Waals surface area contributed by atoms with Crippen LogP contribution >= 0.6 is 36.9 Å². The quantitative estimate of drug-likeness (QED) is 0.230. The summed E-state index contributed by atoms with van der Waals surface area (Å²) in [6.07, 6.45) is 5.47. The molecule has 36 heavy (non-hydrogen) atoms. The number of methoxy groups -OCH3 is 1. The van der Waals surface area contributed by atoms with Crippen molar-refractivity contribution in [3.8, 4) is 16.9 Å². The number of nitrogens with one attached hydrogen (secondary N) is 3. The third kappa shape index (κ3) is 6.74. The predicted octanol–water partition coefficient (Wildman–Crippen LogP) is 4.09. The van der Waals surface area contributed by atoms with E-state index in [-0.39, 0.29) is 12.4 Å². The molecule has 4 rings (SSSR count). The lowest BCUT2D eigenvalue weighted by atomic mass is 10.0. The lowest BCUT2D eigenvalue weighted by molar-refractivity contribution is 0.236. The summed E-state index contributed by atoms with van der Waals surface area (Å²) in [5.74, 6) is 1.43. The van der Waals surface area contributed by atoms with E-state index in [0.29, 0.717) is 22.0 Å². The maximum Gasteiger partial charge on any atom is 0.355 e. The zero-order chi connectivity index (χ0) is 24.8. The van der Waals surface area contributed by atoms with E-state index in [4.69, 9.17) is 18.4 Å². The SMILES string of the molecule is COc1cc(N2CCNCC2)c(-c2cnn(C)c2)cc1Nc1ncc(Br)c(NOP(OC)OC)n1.Cl. The highest BCUT2D eigenvalue weighted by Gasteiger charge is 2.20. The van der Waals surface area contributed by atoms with Gasteiger partial charge in [0.05, 0.1) is 23.5 Å². The smallest absolute Gasteiger partial charge is 0.355 e. The molecule has 0 amide bonds. The van der Waals surface area contributed by atoms with Gasteiger partial charge in [-0.3, -0.25) is 4.68 Å². The molecule has 0 unspecified atom stereocenters. The molecule has 1 fully saturated rings. The highest BCUT2D eigenvalue weighted by Crippen LogP contribution is 2.41. The summed E-state index contributed by atoms with van der Waals surface area (Å²) in [7, 11) is 4.99. The average molecular weight is 604 g/mol. The number of halogens is 2. The molecule has 1 aliphatic heterocycles. The molecular weight excluding hydrogens is 575 g/mol.